The van der Waals surface area contributed by atoms with E-state index in [2.05, 4.69) is 34.1 Å². The smallest absolute Gasteiger partial charge is 0.123 e. The van der Waals surface area contributed by atoms with E-state index in [1.807, 2.05) is 18.2 Å². The number of benzene rings is 2. The Morgan fingerprint density at radius 3 is 2.15 bits per heavy atom. The Balaban J connectivity index is 0.00000261. The van der Waals surface area contributed by atoms with Gasteiger partial charge in [-0.15, -0.1) is 12.4 Å². The highest BCUT2D eigenvalue weighted by Gasteiger charge is 2.26. The van der Waals surface area contributed by atoms with Crippen molar-refractivity contribution in [3.05, 3.63) is 71.5 Å². The average molecular weight is 395 g/mol. The van der Waals surface area contributed by atoms with Crippen LogP contribution < -0.4 is 0 Å². The zero-order valence-electron chi connectivity index (χ0n) is 15.5. The summed E-state index contributed by atoms with van der Waals surface area (Å²) in [5.41, 5.74) is 2.36. The lowest BCUT2D eigenvalue weighted by molar-refractivity contribution is 0.0522. The first-order chi connectivity index (χ1) is 12.8. The first-order valence-electron chi connectivity index (χ1n) is 9.23. The number of rotatable bonds is 8. The van der Waals surface area contributed by atoms with Crippen molar-refractivity contribution in [2.75, 3.05) is 52.5 Å². The van der Waals surface area contributed by atoms with Gasteiger partial charge in [-0.2, -0.15) is 0 Å². The molecule has 1 saturated heterocycles. The molecule has 1 fully saturated rings. The molecule has 0 radical (unpaired) electrons. The topological polar surface area (TPSA) is 35.9 Å². The summed E-state index contributed by atoms with van der Waals surface area (Å²) in [5, 5.41) is 8.76. The van der Waals surface area contributed by atoms with Crippen LogP contribution in [0.1, 0.15) is 17.2 Å². The van der Waals surface area contributed by atoms with Crippen molar-refractivity contribution in [3.8, 4) is 0 Å². The van der Waals surface area contributed by atoms with Crippen molar-refractivity contribution in [2.45, 2.75) is 6.04 Å². The van der Waals surface area contributed by atoms with Crippen LogP contribution in [0.5, 0.6) is 0 Å². The Bertz CT molecular complexity index is 649. The quantitative estimate of drug-likeness (QED) is 0.698. The minimum Gasteiger partial charge on any atom is -0.394 e. The SMILES string of the molecule is Cl.OCCOCCN1CCN(C(c2ccccc2)c2ccc(F)cc2)CC1. The molecule has 148 valence electrons. The Kier molecular flexibility index (Phi) is 9.18. The normalized spacial score (nSPS) is 16.7. The number of nitrogens with zero attached hydrogens (tertiary/aromatic N) is 2. The lowest BCUT2D eigenvalue weighted by Gasteiger charge is -2.39. The molecule has 1 aliphatic heterocycles. The minimum absolute atomic E-state index is 0. The van der Waals surface area contributed by atoms with Gasteiger partial charge in [0.1, 0.15) is 5.82 Å². The molecule has 3 rings (SSSR count). The lowest BCUT2D eigenvalue weighted by atomic mass is 9.96. The van der Waals surface area contributed by atoms with E-state index in [9.17, 15) is 4.39 Å². The van der Waals surface area contributed by atoms with E-state index in [1.54, 1.807) is 12.1 Å². The van der Waals surface area contributed by atoms with Gasteiger partial charge in [0.2, 0.25) is 0 Å². The van der Waals surface area contributed by atoms with Crippen LogP contribution >= 0.6 is 12.4 Å². The van der Waals surface area contributed by atoms with Gasteiger partial charge in [-0.3, -0.25) is 9.80 Å². The number of aliphatic hydroxyl groups excluding tert-OH is 1. The third-order valence-electron chi connectivity index (χ3n) is 4.86. The molecule has 1 heterocycles. The van der Waals surface area contributed by atoms with Crippen LogP contribution in [-0.2, 0) is 4.74 Å². The first kappa shape index (κ1) is 21.8. The van der Waals surface area contributed by atoms with Gasteiger partial charge in [0.15, 0.2) is 0 Å². The molecule has 6 heteroatoms. The third kappa shape index (κ3) is 6.26. The molecule has 1 unspecified atom stereocenters. The lowest BCUT2D eigenvalue weighted by Crippen LogP contribution is -2.48. The molecular weight excluding hydrogens is 367 g/mol. The number of aliphatic hydroxyl groups is 1. The van der Waals surface area contributed by atoms with Gasteiger partial charge in [-0.25, -0.2) is 4.39 Å². The number of hydrogen-bond donors (Lipinski definition) is 1. The Morgan fingerprint density at radius 2 is 1.52 bits per heavy atom. The van der Waals surface area contributed by atoms with Crippen molar-refractivity contribution < 1.29 is 14.2 Å². The zero-order valence-corrected chi connectivity index (χ0v) is 16.3. The van der Waals surface area contributed by atoms with Crippen molar-refractivity contribution in [3.63, 3.8) is 0 Å². The summed E-state index contributed by atoms with van der Waals surface area (Å²) in [6, 6.07) is 17.4. The Morgan fingerprint density at radius 1 is 0.889 bits per heavy atom. The summed E-state index contributed by atoms with van der Waals surface area (Å²) in [7, 11) is 0. The van der Waals surface area contributed by atoms with Gasteiger partial charge < -0.3 is 9.84 Å². The van der Waals surface area contributed by atoms with Gasteiger partial charge in [0.05, 0.1) is 25.9 Å². The maximum atomic E-state index is 13.4. The van der Waals surface area contributed by atoms with E-state index in [4.69, 9.17) is 9.84 Å². The summed E-state index contributed by atoms with van der Waals surface area (Å²) < 4.78 is 18.7. The Labute approximate surface area is 167 Å². The molecule has 0 amide bonds. The van der Waals surface area contributed by atoms with E-state index in [-0.39, 0.29) is 30.9 Å². The molecule has 0 bridgehead atoms. The van der Waals surface area contributed by atoms with Crippen LogP contribution in [0.2, 0.25) is 0 Å². The summed E-state index contributed by atoms with van der Waals surface area (Å²) in [4.78, 5) is 4.86. The van der Waals surface area contributed by atoms with Crippen LogP contribution in [0.3, 0.4) is 0 Å². The maximum absolute atomic E-state index is 13.4. The molecule has 0 aliphatic carbocycles. The number of hydrogen-bond acceptors (Lipinski definition) is 4. The van der Waals surface area contributed by atoms with Gasteiger partial charge in [0, 0.05) is 32.7 Å². The fourth-order valence-corrected chi connectivity index (χ4v) is 3.50. The molecule has 2 aromatic rings. The van der Waals surface area contributed by atoms with Crippen molar-refractivity contribution in [2.24, 2.45) is 0 Å². The van der Waals surface area contributed by atoms with Gasteiger partial charge in [-0.05, 0) is 23.3 Å². The van der Waals surface area contributed by atoms with Gasteiger partial charge >= 0.3 is 0 Å². The maximum Gasteiger partial charge on any atom is 0.123 e. The summed E-state index contributed by atoms with van der Waals surface area (Å²) in [6.45, 7) is 5.89. The van der Waals surface area contributed by atoms with E-state index in [0.717, 1.165) is 38.3 Å². The number of ether oxygens (including phenoxy) is 1. The highest BCUT2D eigenvalue weighted by Crippen LogP contribution is 2.29. The largest absolute Gasteiger partial charge is 0.394 e. The molecule has 2 aromatic carbocycles. The van der Waals surface area contributed by atoms with Crippen LogP contribution in [0.25, 0.3) is 0 Å². The molecule has 0 saturated carbocycles. The molecule has 0 aromatic heterocycles. The zero-order chi connectivity index (χ0) is 18.2. The second-order valence-electron chi connectivity index (χ2n) is 6.58. The molecule has 4 nitrogen and oxygen atoms in total. The third-order valence-corrected chi connectivity index (χ3v) is 4.86. The number of piperazine rings is 1. The summed E-state index contributed by atoms with van der Waals surface area (Å²) >= 11 is 0. The highest BCUT2D eigenvalue weighted by atomic mass is 35.5. The number of halogens is 2. The second kappa shape index (κ2) is 11.4. The predicted octanol–water partition coefficient (Wildman–Crippen LogP) is 2.96. The van der Waals surface area contributed by atoms with Crippen LogP contribution in [0.4, 0.5) is 4.39 Å². The fourth-order valence-electron chi connectivity index (χ4n) is 3.50. The molecule has 27 heavy (non-hydrogen) atoms. The van der Waals surface area contributed by atoms with E-state index >= 15 is 0 Å². The van der Waals surface area contributed by atoms with Crippen LogP contribution in [0, 0.1) is 5.82 Å². The van der Waals surface area contributed by atoms with Crippen molar-refractivity contribution >= 4 is 12.4 Å². The van der Waals surface area contributed by atoms with E-state index < -0.39 is 0 Å². The molecule has 1 N–H and O–H groups in total. The van der Waals surface area contributed by atoms with Gasteiger partial charge in [-0.1, -0.05) is 42.5 Å². The second-order valence-corrected chi connectivity index (χ2v) is 6.58. The summed E-state index contributed by atoms with van der Waals surface area (Å²) in [5.74, 6) is -0.201. The van der Waals surface area contributed by atoms with Gasteiger partial charge in [0.25, 0.3) is 0 Å². The minimum atomic E-state index is -0.201. The first-order valence-corrected chi connectivity index (χ1v) is 9.23. The summed E-state index contributed by atoms with van der Waals surface area (Å²) in [6.07, 6.45) is 0. The molecule has 0 spiro atoms. The van der Waals surface area contributed by atoms with Crippen molar-refractivity contribution in [1.82, 2.24) is 9.80 Å². The van der Waals surface area contributed by atoms with E-state index in [1.165, 1.54) is 5.56 Å². The van der Waals surface area contributed by atoms with Crippen LogP contribution in [0.15, 0.2) is 54.6 Å². The standard InChI is InChI=1S/C21H27FN2O2.ClH/c22-20-8-6-19(7-9-20)21(18-4-2-1-3-5-18)24-12-10-23(11-13-24)14-16-26-17-15-25;/h1-9,21,25H,10-17H2;1H. The molecular formula is C21H28ClFN2O2. The molecule has 1 aliphatic rings. The average Bonchev–Trinajstić information content (AvgIpc) is 2.69. The predicted molar refractivity (Wildman–Crippen MR) is 108 cm³/mol. The molecule has 1 atom stereocenters. The monoisotopic (exact) mass is 394 g/mol. The highest BCUT2D eigenvalue weighted by molar-refractivity contribution is 5.85. The fraction of sp³-hybridized carbons (Fsp3) is 0.429. The Hall–Kier alpha value is -1.50. The van der Waals surface area contributed by atoms with E-state index in [0.29, 0.717) is 13.2 Å². The van der Waals surface area contributed by atoms with Crippen molar-refractivity contribution in [1.29, 1.82) is 0 Å². The van der Waals surface area contributed by atoms with Crippen LogP contribution in [-0.4, -0.2) is 67.5 Å².